The fourth-order valence-corrected chi connectivity index (χ4v) is 1.18. The zero-order valence-electron chi connectivity index (χ0n) is 11.2. The second-order valence-corrected chi connectivity index (χ2v) is 5.38. The monoisotopic (exact) mass is 245 g/mol. The van der Waals surface area contributed by atoms with E-state index in [1.54, 1.807) is 0 Å². The number of aliphatic carboxylic acids is 1. The van der Waals surface area contributed by atoms with Gasteiger partial charge in [-0.3, -0.25) is 4.79 Å². The van der Waals surface area contributed by atoms with Gasteiger partial charge >= 0.3 is 5.97 Å². The Balaban J connectivity index is 4.29. The summed E-state index contributed by atoms with van der Waals surface area (Å²) in [6.45, 7) is 8.11. The van der Waals surface area contributed by atoms with Gasteiger partial charge in [0.1, 0.15) is 0 Å². The molecule has 5 nitrogen and oxygen atoms in total. The molecule has 0 fully saturated rings. The Labute approximate surface area is 103 Å². The van der Waals surface area contributed by atoms with Crippen LogP contribution in [0.25, 0.3) is 0 Å². The third-order valence-electron chi connectivity index (χ3n) is 2.94. The molecular weight excluding hydrogens is 222 g/mol. The number of rotatable bonds is 6. The van der Waals surface area contributed by atoms with Crippen molar-refractivity contribution in [2.24, 2.45) is 11.3 Å². The van der Waals surface area contributed by atoms with Gasteiger partial charge in [-0.2, -0.15) is 0 Å². The number of amides is 1. The normalized spacial score (nSPS) is 15.1. The molecule has 17 heavy (non-hydrogen) atoms. The van der Waals surface area contributed by atoms with E-state index in [1.165, 1.54) is 7.11 Å². The van der Waals surface area contributed by atoms with Crippen molar-refractivity contribution in [3.63, 3.8) is 0 Å². The van der Waals surface area contributed by atoms with Crippen LogP contribution in [0.15, 0.2) is 0 Å². The topological polar surface area (TPSA) is 75.6 Å². The number of carboxylic acid groups (broad SMARTS) is 1. The third-order valence-corrected chi connectivity index (χ3v) is 2.94. The Morgan fingerprint density at radius 1 is 1.35 bits per heavy atom. The van der Waals surface area contributed by atoms with Gasteiger partial charge < -0.3 is 15.2 Å². The number of ether oxygens (including phenoxy) is 1. The number of carboxylic acids is 1. The van der Waals surface area contributed by atoms with Gasteiger partial charge in [-0.15, -0.1) is 0 Å². The van der Waals surface area contributed by atoms with Crippen LogP contribution in [-0.2, 0) is 14.3 Å². The Hall–Kier alpha value is -1.10. The predicted octanol–water partition coefficient (Wildman–Crippen LogP) is 1.27. The van der Waals surface area contributed by atoms with Crippen molar-refractivity contribution in [2.45, 2.75) is 40.2 Å². The highest BCUT2D eigenvalue weighted by Crippen LogP contribution is 2.27. The lowest BCUT2D eigenvalue weighted by atomic mass is 9.80. The Morgan fingerprint density at radius 2 is 1.88 bits per heavy atom. The highest BCUT2D eigenvalue weighted by molar-refractivity contribution is 5.83. The van der Waals surface area contributed by atoms with E-state index in [2.05, 4.69) is 26.1 Å². The summed E-state index contributed by atoms with van der Waals surface area (Å²) in [5, 5.41) is 11.3. The number of carbonyl (C=O) groups is 2. The van der Waals surface area contributed by atoms with E-state index in [1.807, 2.05) is 6.92 Å². The fourth-order valence-electron chi connectivity index (χ4n) is 1.18. The molecule has 0 spiro atoms. The Bertz CT molecular complexity index is 270. The minimum Gasteiger partial charge on any atom is -0.480 e. The molecule has 2 unspecified atom stereocenters. The second kappa shape index (κ2) is 6.59. The SMILES string of the molecule is COCC(NC(=O)CC(C)C(C)(C)C)C(=O)O. The van der Waals surface area contributed by atoms with E-state index < -0.39 is 12.0 Å². The van der Waals surface area contributed by atoms with Gasteiger partial charge in [-0.05, 0) is 11.3 Å². The van der Waals surface area contributed by atoms with Gasteiger partial charge in [0, 0.05) is 13.5 Å². The number of methoxy groups -OCH3 is 1. The molecule has 5 heteroatoms. The van der Waals surface area contributed by atoms with Crippen LogP contribution in [0.2, 0.25) is 0 Å². The molecule has 1 amide bonds. The molecule has 0 radical (unpaired) electrons. The molecule has 0 aliphatic carbocycles. The van der Waals surface area contributed by atoms with Gasteiger partial charge in [-0.1, -0.05) is 27.7 Å². The van der Waals surface area contributed by atoms with Crippen LogP contribution in [0.5, 0.6) is 0 Å². The highest BCUT2D eigenvalue weighted by atomic mass is 16.5. The molecule has 0 aromatic carbocycles. The number of carbonyl (C=O) groups excluding carboxylic acids is 1. The lowest BCUT2D eigenvalue weighted by Gasteiger charge is -2.27. The van der Waals surface area contributed by atoms with Crippen LogP contribution >= 0.6 is 0 Å². The maximum Gasteiger partial charge on any atom is 0.328 e. The largest absolute Gasteiger partial charge is 0.480 e. The lowest BCUT2D eigenvalue weighted by molar-refractivity contribution is -0.143. The number of nitrogens with one attached hydrogen (secondary N) is 1. The highest BCUT2D eigenvalue weighted by Gasteiger charge is 2.25. The van der Waals surface area contributed by atoms with Crippen LogP contribution in [0.3, 0.4) is 0 Å². The molecule has 0 aliphatic heterocycles. The molecule has 0 aromatic rings. The van der Waals surface area contributed by atoms with Gasteiger partial charge in [0.15, 0.2) is 6.04 Å². The first-order valence-corrected chi connectivity index (χ1v) is 5.69. The standard InChI is InChI=1S/C12H23NO4/c1-8(12(2,3)4)6-10(14)13-9(7-17-5)11(15)16/h8-9H,6-7H2,1-5H3,(H,13,14)(H,15,16). The summed E-state index contributed by atoms with van der Waals surface area (Å²) in [6, 6.07) is -0.973. The quantitative estimate of drug-likeness (QED) is 0.739. The number of hydrogen-bond acceptors (Lipinski definition) is 3. The van der Waals surface area contributed by atoms with Crippen molar-refractivity contribution in [3.8, 4) is 0 Å². The molecule has 100 valence electrons. The smallest absolute Gasteiger partial charge is 0.328 e. The summed E-state index contributed by atoms with van der Waals surface area (Å²) in [5.74, 6) is -1.15. The minimum atomic E-state index is -1.08. The molecule has 2 N–H and O–H groups in total. The zero-order chi connectivity index (χ0) is 13.6. The maximum atomic E-state index is 11.7. The molecule has 0 saturated heterocycles. The van der Waals surface area contributed by atoms with Crippen molar-refractivity contribution in [1.29, 1.82) is 0 Å². The molecule has 0 heterocycles. The second-order valence-electron chi connectivity index (χ2n) is 5.38. The summed E-state index contributed by atoms with van der Waals surface area (Å²) < 4.78 is 4.74. The van der Waals surface area contributed by atoms with Crippen LogP contribution in [0, 0.1) is 11.3 Å². The van der Waals surface area contributed by atoms with Gasteiger partial charge in [0.25, 0.3) is 0 Å². The van der Waals surface area contributed by atoms with E-state index in [4.69, 9.17) is 9.84 Å². The predicted molar refractivity (Wildman–Crippen MR) is 64.7 cm³/mol. The average Bonchev–Trinajstić information content (AvgIpc) is 2.15. The van der Waals surface area contributed by atoms with Crippen LogP contribution in [0.4, 0.5) is 0 Å². The van der Waals surface area contributed by atoms with E-state index in [-0.39, 0.29) is 23.8 Å². The van der Waals surface area contributed by atoms with Crippen LogP contribution in [-0.4, -0.2) is 36.7 Å². The summed E-state index contributed by atoms with van der Waals surface area (Å²) in [4.78, 5) is 22.5. The molecule has 0 bridgehead atoms. The first-order valence-electron chi connectivity index (χ1n) is 5.69. The molecular formula is C12H23NO4. The summed E-state index contributed by atoms with van der Waals surface area (Å²) in [5.41, 5.74) is 0.0251. The average molecular weight is 245 g/mol. The maximum absolute atomic E-state index is 11.7. The first kappa shape index (κ1) is 15.9. The Morgan fingerprint density at radius 3 is 2.24 bits per heavy atom. The van der Waals surface area contributed by atoms with E-state index >= 15 is 0 Å². The molecule has 0 rings (SSSR count). The van der Waals surface area contributed by atoms with Crippen LogP contribution < -0.4 is 5.32 Å². The minimum absolute atomic E-state index is 0.0228. The van der Waals surface area contributed by atoms with Crippen molar-refractivity contribution in [1.82, 2.24) is 5.32 Å². The van der Waals surface area contributed by atoms with Gasteiger partial charge in [0.2, 0.25) is 5.91 Å². The van der Waals surface area contributed by atoms with E-state index in [9.17, 15) is 9.59 Å². The van der Waals surface area contributed by atoms with Gasteiger partial charge in [-0.25, -0.2) is 4.79 Å². The van der Waals surface area contributed by atoms with E-state index in [0.29, 0.717) is 6.42 Å². The van der Waals surface area contributed by atoms with Crippen LogP contribution in [0.1, 0.15) is 34.1 Å². The Kier molecular flexibility index (Phi) is 6.16. The summed E-state index contributed by atoms with van der Waals surface area (Å²) in [7, 11) is 1.40. The van der Waals surface area contributed by atoms with Crippen molar-refractivity contribution >= 4 is 11.9 Å². The zero-order valence-corrected chi connectivity index (χ0v) is 11.2. The van der Waals surface area contributed by atoms with E-state index in [0.717, 1.165) is 0 Å². The lowest BCUT2D eigenvalue weighted by Crippen LogP contribution is -2.44. The summed E-state index contributed by atoms with van der Waals surface area (Å²) in [6.07, 6.45) is 0.316. The van der Waals surface area contributed by atoms with Crippen molar-refractivity contribution in [3.05, 3.63) is 0 Å². The molecule has 2 atom stereocenters. The molecule has 0 saturated carbocycles. The third kappa shape index (κ3) is 6.26. The molecule has 0 aromatic heterocycles. The summed E-state index contributed by atoms with van der Waals surface area (Å²) >= 11 is 0. The molecule has 0 aliphatic rings. The van der Waals surface area contributed by atoms with Crippen molar-refractivity contribution < 1.29 is 19.4 Å². The van der Waals surface area contributed by atoms with Crippen molar-refractivity contribution in [2.75, 3.05) is 13.7 Å². The first-order chi connectivity index (χ1) is 7.68. The number of hydrogen-bond donors (Lipinski definition) is 2. The fraction of sp³-hybridized carbons (Fsp3) is 0.833. The van der Waals surface area contributed by atoms with Gasteiger partial charge in [0.05, 0.1) is 6.61 Å².